The molecule has 3 N–H and O–H groups in total. The summed E-state index contributed by atoms with van der Waals surface area (Å²) in [5.41, 5.74) is 1.21. The van der Waals surface area contributed by atoms with Crippen molar-refractivity contribution in [2.75, 3.05) is 20.8 Å². The molecule has 4 rings (SSSR count). The number of piperidine rings is 1. The average molecular weight is 898 g/mol. The molecule has 1 aliphatic carbocycles. The van der Waals surface area contributed by atoms with Crippen LogP contribution in [0.4, 0.5) is 0 Å². The first-order valence-electron chi connectivity index (χ1n) is 23.9. The molecule has 13 nitrogen and oxygen atoms in total. The van der Waals surface area contributed by atoms with Crippen molar-refractivity contribution in [1.29, 1.82) is 0 Å². The molecule has 360 valence electrons. The molecule has 0 radical (unpaired) electrons. The lowest BCUT2D eigenvalue weighted by atomic mass is 9.75. The number of hydrogen-bond donors (Lipinski definition) is 3. The average Bonchev–Trinajstić information content (AvgIpc) is 3.26. The lowest BCUT2D eigenvalue weighted by Crippen LogP contribution is -2.61. The zero-order valence-electron chi connectivity index (χ0n) is 40.2. The van der Waals surface area contributed by atoms with Crippen LogP contribution in [0.1, 0.15) is 132 Å². The molecular weight excluding hydrogens is 819 g/mol. The van der Waals surface area contributed by atoms with E-state index >= 15 is 0 Å². The summed E-state index contributed by atoms with van der Waals surface area (Å²) < 4.78 is 23.8. The second-order valence-electron chi connectivity index (χ2n) is 19.8. The third-order valence-corrected chi connectivity index (χ3v) is 14.6. The summed E-state index contributed by atoms with van der Waals surface area (Å²) in [6, 6.07) is -1.12. The Morgan fingerprint density at radius 2 is 1.59 bits per heavy atom. The Bertz CT molecular complexity index is 1740. The van der Waals surface area contributed by atoms with E-state index in [0.717, 1.165) is 18.4 Å². The van der Waals surface area contributed by atoms with Crippen molar-refractivity contribution < 1.29 is 58.2 Å². The fourth-order valence-corrected chi connectivity index (χ4v) is 10.2. The van der Waals surface area contributed by atoms with Crippen molar-refractivity contribution in [1.82, 2.24) is 4.90 Å². The van der Waals surface area contributed by atoms with Crippen molar-refractivity contribution in [2.24, 2.45) is 41.4 Å². The van der Waals surface area contributed by atoms with E-state index in [9.17, 15) is 39.3 Å². The maximum atomic E-state index is 14.3. The van der Waals surface area contributed by atoms with Crippen LogP contribution in [0, 0.1) is 41.4 Å². The van der Waals surface area contributed by atoms with Gasteiger partial charge in [-0.05, 0) is 113 Å². The van der Waals surface area contributed by atoms with E-state index in [-0.39, 0.29) is 60.7 Å². The number of aliphatic hydroxyl groups is 3. The van der Waals surface area contributed by atoms with E-state index in [4.69, 9.17) is 18.9 Å². The molecule has 4 aliphatic rings. The molecule has 3 heterocycles. The number of methoxy groups -OCH3 is 2. The van der Waals surface area contributed by atoms with Crippen LogP contribution in [-0.2, 0) is 42.9 Å². The standard InChI is InChI=1S/C51H79NO12/c1-30-16-12-11-13-17-31(2)43(61-9)28-39-21-19-37(8)51(60,64-39)48(57)49(58)52-23-15-14-18-40(52)50(59)63-44(34(5)27-38-20-22-41(53)33(4)26-38)29-42(54)32(3)25-36(7)46(56)47(62-10)45(55)35(6)24-30/h11-13,16-17,25,30,33-41,43-44,46-47,53,56,60H,14-15,18-24,26-29H2,1-10H3/t30-,33-,34-,35-,36?,37-,38?,39+,40+,41-,43+,44+,46-,47+,51-/m1/s1. The molecule has 0 aromatic carbocycles. The summed E-state index contributed by atoms with van der Waals surface area (Å²) in [6.07, 6.45) is 12.4. The third kappa shape index (κ3) is 13.9. The Hall–Kier alpha value is -3.33. The van der Waals surface area contributed by atoms with Gasteiger partial charge in [-0.1, -0.05) is 78.0 Å². The molecule has 2 unspecified atom stereocenters. The maximum Gasteiger partial charge on any atom is 0.329 e. The van der Waals surface area contributed by atoms with Gasteiger partial charge in [-0.15, -0.1) is 0 Å². The van der Waals surface area contributed by atoms with Gasteiger partial charge in [-0.25, -0.2) is 4.79 Å². The highest BCUT2D eigenvalue weighted by Gasteiger charge is 2.53. The number of cyclic esters (lactones) is 1. The largest absolute Gasteiger partial charge is 0.460 e. The Morgan fingerprint density at radius 1 is 0.875 bits per heavy atom. The third-order valence-electron chi connectivity index (χ3n) is 14.6. The normalized spacial score (nSPS) is 38.2. The number of aliphatic hydroxyl groups excluding tert-OH is 2. The van der Waals surface area contributed by atoms with Gasteiger partial charge >= 0.3 is 5.97 Å². The lowest BCUT2D eigenvalue weighted by molar-refractivity contribution is -0.265. The number of carbonyl (C=O) groups is 5. The molecule has 0 aromatic heterocycles. The number of amides is 1. The molecule has 2 saturated heterocycles. The minimum Gasteiger partial charge on any atom is -0.460 e. The predicted molar refractivity (Wildman–Crippen MR) is 244 cm³/mol. The lowest BCUT2D eigenvalue weighted by Gasteiger charge is -2.42. The smallest absolute Gasteiger partial charge is 0.329 e. The first-order valence-corrected chi connectivity index (χ1v) is 23.9. The maximum absolute atomic E-state index is 14.3. The minimum atomic E-state index is -2.42. The molecule has 1 amide bonds. The molecule has 1 saturated carbocycles. The van der Waals surface area contributed by atoms with Gasteiger partial charge < -0.3 is 39.2 Å². The number of allylic oxidation sites excluding steroid dienone is 6. The van der Waals surface area contributed by atoms with Crippen molar-refractivity contribution in [2.45, 2.75) is 181 Å². The van der Waals surface area contributed by atoms with Gasteiger partial charge in [0.15, 0.2) is 11.6 Å². The first kappa shape index (κ1) is 53.3. The number of nitrogens with zero attached hydrogens (tertiary/aromatic N) is 1. The molecule has 2 bridgehead atoms. The predicted octanol–water partition coefficient (Wildman–Crippen LogP) is 6.80. The molecule has 13 heteroatoms. The van der Waals surface area contributed by atoms with Gasteiger partial charge in [-0.3, -0.25) is 19.2 Å². The van der Waals surface area contributed by atoms with Gasteiger partial charge in [0.1, 0.15) is 18.2 Å². The zero-order chi connectivity index (χ0) is 47.5. The highest BCUT2D eigenvalue weighted by atomic mass is 16.6. The van der Waals surface area contributed by atoms with E-state index < -0.39 is 77.8 Å². The van der Waals surface area contributed by atoms with Crippen LogP contribution in [-0.4, -0.2) is 119 Å². The van der Waals surface area contributed by atoms with Crippen LogP contribution < -0.4 is 0 Å². The second-order valence-corrected chi connectivity index (χ2v) is 19.8. The molecule has 15 atom stereocenters. The highest BCUT2D eigenvalue weighted by molar-refractivity contribution is 6.39. The molecule has 0 aromatic rings. The van der Waals surface area contributed by atoms with Crippen LogP contribution >= 0.6 is 0 Å². The number of ether oxygens (including phenoxy) is 4. The summed E-state index contributed by atoms with van der Waals surface area (Å²) in [4.78, 5) is 71.7. The van der Waals surface area contributed by atoms with E-state index in [1.165, 1.54) is 12.0 Å². The summed E-state index contributed by atoms with van der Waals surface area (Å²) >= 11 is 0. The van der Waals surface area contributed by atoms with Crippen LogP contribution in [0.3, 0.4) is 0 Å². The van der Waals surface area contributed by atoms with Crippen molar-refractivity contribution >= 4 is 29.2 Å². The van der Waals surface area contributed by atoms with Gasteiger partial charge in [-0.2, -0.15) is 0 Å². The van der Waals surface area contributed by atoms with E-state index in [1.807, 2.05) is 65.0 Å². The van der Waals surface area contributed by atoms with E-state index in [2.05, 4.69) is 0 Å². The molecule has 64 heavy (non-hydrogen) atoms. The number of hydrogen-bond acceptors (Lipinski definition) is 12. The van der Waals surface area contributed by atoms with Crippen molar-refractivity contribution in [3.8, 4) is 0 Å². The number of esters is 1. The second kappa shape index (κ2) is 24.4. The van der Waals surface area contributed by atoms with Gasteiger partial charge in [0.05, 0.1) is 24.4 Å². The Labute approximate surface area is 382 Å². The fourth-order valence-electron chi connectivity index (χ4n) is 10.2. The Kier molecular flexibility index (Phi) is 20.4. The van der Waals surface area contributed by atoms with Crippen LogP contribution in [0.5, 0.6) is 0 Å². The SMILES string of the molecule is CO[C@H]1C[C@@H]2CC[C@@H](C)[C@@](O)(O2)C(=O)C(=O)N2CCCC[C@H]2C(=O)O[C@H]([C@H](C)CC2CC[C@@H](O)[C@H](C)C2)CC(=O)C(C)=CC(C)[C@@H](O)[C@@H](OC)C(=O)[C@H](C)C[C@H](C)C=CC=CC=C1C. The minimum absolute atomic E-state index is 0.0285. The quantitative estimate of drug-likeness (QED) is 0.194. The zero-order valence-corrected chi connectivity index (χ0v) is 40.2. The fraction of sp³-hybridized carbons (Fsp3) is 0.745. The highest BCUT2D eigenvalue weighted by Crippen LogP contribution is 2.38. The van der Waals surface area contributed by atoms with E-state index in [0.29, 0.717) is 56.9 Å². The number of fused-ring (bicyclic) bond motifs is 3. The summed E-state index contributed by atoms with van der Waals surface area (Å²) in [5.74, 6) is -7.53. The molecule has 3 fully saturated rings. The Morgan fingerprint density at radius 3 is 2.27 bits per heavy atom. The van der Waals surface area contributed by atoms with Gasteiger partial charge in [0.2, 0.25) is 5.79 Å². The van der Waals surface area contributed by atoms with Crippen LogP contribution in [0.15, 0.2) is 47.6 Å². The Balaban J connectivity index is 1.70. The monoisotopic (exact) mass is 898 g/mol. The van der Waals surface area contributed by atoms with Gasteiger partial charge in [0.25, 0.3) is 11.7 Å². The summed E-state index contributed by atoms with van der Waals surface area (Å²) in [7, 11) is 2.97. The van der Waals surface area contributed by atoms with Crippen LogP contribution in [0.25, 0.3) is 0 Å². The molecule has 3 aliphatic heterocycles. The number of Topliss-reactive ketones (excluding diaryl/α,β-unsaturated/α-hetero) is 3. The summed E-state index contributed by atoms with van der Waals surface area (Å²) in [5, 5.41) is 33.8. The number of carbonyl (C=O) groups excluding carboxylic acids is 5. The summed E-state index contributed by atoms with van der Waals surface area (Å²) in [6.45, 7) is 14.8. The topological polar surface area (TPSA) is 186 Å². The van der Waals surface area contributed by atoms with Crippen LogP contribution in [0.2, 0.25) is 0 Å². The number of rotatable bonds is 5. The number of ketones is 3. The van der Waals surface area contributed by atoms with Crippen molar-refractivity contribution in [3.63, 3.8) is 0 Å². The first-order chi connectivity index (χ1) is 30.2. The van der Waals surface area contributed by atoms with Crippen molar-refractivity contribution in [3.05, 3.63) is 47.6 Å². The van der Waals surface area contributed by atoms with E-state index in [1.54, 1.807) is 34.0 Å². The van der Waals surface area contributed by atoms with Gasteiger partial charge in [0, 0.05) is 51.4 Å². The molecule has 0 spiro atoms. The molecular formula is C51H79NO12.